The lowest BCUT2D eigenvalue weighted by Crippen LogP contribution is -2.36. The van der Waals surface area contributed by atoms with Crippen LogP contribution in [0.4, 0.5) is 13.2 Å². The molecule has 0 saturated carbocycles. The van der Waals surface area contributed by atoms with Gasteiger partial charge in [-0.15, -0.1) is 0 Å². The third-order valence-electron chi connectivity index (χ3n) is 4.84. The molecule has 4 nitrogen and oxygen atoms in total. The summed E-state index contributed by atoms with van der Waals surface area (Å²) in [4.78, 5) is 15.3. The number of amides is 1. The van der Waals surface area contributed by atoms with E-state index >= 15 is 0 Å². The van der Waals surface area contributed by atoms with Gasteiger partial charge in [-0.2, -0.15) is 13.2 Å². The number of hydrogen-bond donors (Lipinski definition) is 1. The van der Waals surface area contributed by atoms with Gasteiger partial charge in [0.1, 0.15) is 0 Å². The molecule has 2 saturated heterocycles. The van der Waals surface area contributed by atoms with Crippen LogP contribution in [0, 0.1) is 0 Å². The molecule has 2 fully saturated rings. The van der Waals surface area contributed by atoms with E-state index in [0.29, 0.717) is 32.6 Å². The van der Waals surface area contributed by atoms with Gasteiger partial charge in [-0.3, -0.25) is 9.69 Å². The van der Waals surface area contributed by atoms with Crippen molar-refractivity contribution in [1.29, 1.82) is 0 Å². The molecule has 1 N–H and O–H groups in total. The van der Waals surface area contributed by atoms with E-state index in [1.807, 2.05) is 4.90 Å². The third-order valence-corrected chi connectivity index (χ3v) is 4.84. The highest BCUT2D eigenvalue weighted by atomic mass is 19.4. The molecule has 1 aromatic carbocycles. The molecule has 2 aliphatic rings. The fourth-order valence-corrected chi connectivity index (χ4v) is 3.69. The van der Waals surface area contributed by atoms with Crippen LogP contribution in [0.5, 0.6) is 0 Å². The molecule has 0 bridgehead atoms. The third kappa shape index (κ3) is 3.57. The van der Waals surface area contributed by atoms with E-state index in [9.17, 15) is 23.1 Å². The largest absolute Gasteiger partial charge is 0.416 e. The molecule has 2 atom stereocenters. The van der Waals surface area contributed by atoms with Crippen molar-refractivity contribution in [3.05, 3.63) is 35.4 Å². The number of alkyl halides is 3. The average molecular weight is 342 g/mol. The zero-order valence-electron chi connectivity index (χ0n) is 13.3. The Kier molecular flexibility index (Phi) is 4.83. The van der Waals surface area contributed by atoms with Crippen molar-refractivity contribution in [3.63, 3.8) is 0 Å². The molecule has 1 amide bonds. The highest BCUT2D eigenvalue weighted by Crippen LogP contribution is 2.40. The van der Waals surface area contributed by atoms with Crippen LogP contribution in [0.2, 0.25) is 0 Å². The summed E-state index contributed by atoms with van der Waals surface area (Å²) in [5.74, 6) is 0.0991. The molecule has 2 heterocycles. The van der Waals surface area contributed by atoms with Gasteiger partial charge in [-0.05, 0) is 24.5 Å². The highest BCUT2D eigenvalue weighted by molar-refractivity contribution is 5.78. The second-order valence-corrected chi connectivity index (χ2v) is 6.47. The first-order valence-electron chi connectivity index (χ1n) is 8.22. The smallest absolute Gasteiger partial charge is 0.392 e. The van der Waals surface area contributed by atoms with Crippen LogP contribution in [0.15, 0.2) is 24.3 Å². The minimum absolute atomic E-state index is 0.0991. The van der Waals surface area contributed by atoms with Gasteiger partial charge >= 0.3 is 6.18 Å². The number of rotatable bonds is 4. The molecule has 0 radical (unpaired) electrons. The molecule has 7 heteroatoms. The average Bonchev–Trinajstić information content (AvgIpc) is 3.10. The second-order valence-electron chi connectivity index (χ2n) is 6.47. The number of carbonyl (C=O) groups is 1. The van der Waals surface area contributed by atoms with Crippen molar-refractivity contribution in [2.24, 2.45) is 0 Å². The summed E-state index contributed by atoms with van der Waals surface area (Å²) in [7, 11) is 0. The van der Waals surface area contributed by atoms with E-state index in [2.05, 4.69) is 0 Å². The number of carbonyl (C=O) groups excluding carboxylic acids is 1. The Morgan fingerprint density at radius 3 is 2.62 bits per heavy atom. The van der Waals surface area contributed by atoms with Gasteiger partial charge in [0.15, 0.2) is 0 Å². The molecule has 3 rings (SSSR count). The molecule has 0 unspecified atom stereocenters. The topological polar surface area (TPSA) is 43.8 Å². The zero-order valence-corrected chi connectivity index (χ0v) is 13.3. The normalized spacial score (nSPS) is 25.7. The lowest BCUT2D eigenvalue weighted by molar-refractivity contribution is -0.138. The first kappa shape index (κ1) is 17.2. The van der Waals surface area contributed by atoms with Gasteiger partial charge in [0.05, 0.1) is 11.7 Å². The molecule has 0 spiro atoms. The van der Waals surface area contributed by atoms with Crippen molar-refractivity contribution in [3.8, 4) is 0 Å². The van der Waals surface area contributed by atoms with Crippen LogP contribution in [-0.4, -0.2) is 53.1 Å². The van der Waals surface area contributed by atoms with Crippen LogP contribution >= 0.6 is 0 Å². The van der Waals surface area contributed by atoms with Crippen LogP contribution in [0.1, 0.15) is 36.4 Å². The number of hydrogen-bond acceptors (Lipinski definition) is 3. The molecular formula is C17H21F3N2O2. The quantitative estimate of drug-likeness (QED) is 0.914. The molecular weight excluding hydrogens is 321 g/mol. The maximum absolute atomic E-state index is 13.3. The predicted molar refractivity (Wildman–Crippen MR) is 82.2 cm³/mol. The van der Waals surface area contributed by atoms with Gasteiger partial charge in [0, 0.05) is 38.6 Å². The standard InChI is InChI=1S/C17H21F3N2O2/c18-17(19,20)14-5-2-1-4-13(14)15-10-12(23)11-22(15)9-8-21-7-3-6-16(21)24/h1-2,4-5,12,15,23H,3,6-11H2/t12-,15+/m1/s1. The molecule has 24 heavy (non-hydrogen) atoms. The lowest BCUT2D eigenvalue weighted by atomic mass is 9.97. The van der Waals surface area contributed by atoms with Crippen molar-refractivity contribution in [2.45, 2.75) is 37.6 Å². The van der Waals surface area contributed by atoms with Crippen molar-refractivity contribution >= 4 is 5.91 Å². The van der Waals surface area contributed by atoms with E-state index in [4.69, 9.17) is 0 Å². The molecule has 132 valence electrons. The van der Waals surface area contributed by atoms with E-state index in [-0.39, 0.29) is 17.9 Å². The summed E-state index contributed by atoms with van der Waals surface area (Å²) < 4.78 is 39.8. The summed E-state index contributed by atoms with van der Waals surface area (Å²) in [5, 5.41) is 9.97. The number of benzene rings is 1. The molecule has 0 aromatic heterocycles. The number of β-amino-alcohol motifs (C(OH)–C–C–N with tert-alkyl or cyclic N) is 1. The van der Waals surface area contributed by atoms with Crippen LogP contribution in [0.3, 0.4) is 0 Å². The van der Waals surface area contributed by atoms with E-state index in [0.717, 1.165) is 12.5 Å². The Bertz CT molecular complexity index is 606. The Balaban J connectivity index is 1.77. The maximum Gasteiger partial charge on any atom is 0.416 e. The summed E-state index contributed by atoms with van der Waals surface area (Å²) in [6.45, 7) is 2.01. The number of halogens is 3. The monoisotopic (exact) mass is 342 g/mol. The summed E-state index contributed by atoms with van der Waals surface area (Å²) >= 11 is 0. The number of nitrogens with zero attached hydrogens (tertiary/aromatic N) is 2. The van der Waals surface area contributed by atoms with Gasteiger partial charge in [0.2, 0.25) is 5.91 Å². The molecule has 1 aromatic rings. The van der Waals surface area contributed by atoms with Crippen LogP contribution in [0.25, 0.3) is 0 Å². The van der Waals surface area contributed by atoms with Gasteiger partial charge in [-0.25, -0.2) is 0 Å². The Labute approximate surface area is 138 Å². The van der Waals surface area contributed by atoms with Gasteiger partial charge in [-0.1, -0.05) is 18.2 Å². The Hall–Kier alpha value is -1.60. The number of aliphatic hydroxyl groups excluding tert-OH is 1. The summed E-state index contributed by atoms with van der Waals surface area (Å²) in [6.07, 6.45) is -3.41. The predicted octanol–water partition coefficient (Wildman–Crippen LogP) is 2.44. The summed E-state index contributed by atoms with van der Waals surface area (Å²) in [6, 6.07) is 5.07. The van der Waals surface area contributed by atoms with Crippen molar-refractivity contribution in [2.75, 3.05) is 26.2 Å². The maximum atomic E-state index is 13.3. The Morgan fingerprint density at radius 2 is 1.96 bits per heavy atom. The van der Waals surface area contributed by atoms with Crippen molar-refractivity contribution in [1.82, 2.24) is 9.80 Å². The van der Waals surface area contributed by atoms with E-state index < -0.39 is 23.9 Å². The van der Waals surface area contributed by atoms with Gasteiger partial charge in [0.25, 0.3) is 0 Å². The first-order chi connectivity index (χ1) is 11.4. The SMILES string of the molecule is O=C1CCCN1CCN1C[C@H](O)C[C@H]1c1ccccc1C(F)(F)F. The summed E-state index contributed by atoms with van der Waals surface area (Å²) in [5.41, 5.74) is -0.444. The second kappa shape index (κ2) is 6.72. The van der Waals surface area contributed by atoms with E-state index in [1.54, 1.807) is 11.0 Å². The minimum atomic E-state index is -4.42. The minimum Gasteiger partial charge on any atom is -0.392 e. The van der Waals surface area contributed by atoms with Crippen molar-refractivity contribution < 1.29 is 23.1 Å². The fourth-order valence-electron chi connectivity index (χ4n) is 3.69. The first-order valence-corrected chi connectivity index (χ1v) is 8.22. The highest BCUT2D eigenvalue weighted by Gasteiger charge is 2.39. The molecule has 2 aliphatic heterocycles. The Morgan fingerprint density at radius 1 is 1.21 bits per heavy atom. The lowest BCUT2D eigenvalue weighted by Gasteiger charge is -2.28. The number of aliphatic hydroxyl groups is 1. The fraction of sp³-hybridized carbons (Fsp3) is 0.588. The van der Waals surface area contributed by atoms with Gasteiger partial charge < -0.3 is 10.0 Å². The zero-order chi connectivity index (χ0) is 17.3. The van der Waals surface area contributed by atoms with Crippen LogP contribution < -0.4 is 0 Å². The number of likely N-dealkylation sites (tertiary alicyclic amines) is 2. The molecule has 0 aliphatic carbocycles. The van der Waals surface area contributed by atoms with Crippen LogP contribution in [-0.2, 0) is 11.0 Å². The van der Waals surface area contributed by atoms with E-state index in [1.165, 1.54) is 12.1 Å².